The standard InChI is InChI=1S/C22H28N2O3/c1-23-21-5-3-4-19(24-21)12-13-27-20-10-6-16(7-11-20)14-18(17-8-9-17)15-22(25)26-2/h3-7,10-11,17-18H,8-9,12-15H2,1-2H3,(H,23,24). The molecule has 1 aromatic heterocycles. The minimum absolute atomic E-state index is 0.109. The highest BCUT2D eigenvalue weighted by Crippen LogP contribution is 2.40. The molecular formula is C22H28N2O3. The first-order chi connectivity index (χ1) is 13.2. The van der Waals surface area contributed by atoms with Gasteiger partial charge in [-0.15, -0.1) is 0 Å². The first-order valence-corrected chi connectivity index (χ1v) is 9.60. The van der Waals surface area contributed by atoms with Crippen LogP contribution in [0.25, 0.3) is 0 Å². The van der Waals surface area contributed by atoms with Crippen LogP contribution in [0.5, 0.6) is 5.75 Å². The van der Waals surface area contributed by atoms with Gasteiger partial charge in [-0.25, -0.2) is 4.98 Å². The number of anilines is 1. The van der Waals surface area contributed by atoms with Crippen LogP contribution in [0.1, 0.15) is 30.5 Å². The van der Waals surface area contributed by atoms with Crippen LogP contribution in [0.2, 0.25) is 0 Å². The van der Waals surface area contributed by atoms with E-state index in [1.807, 2.05) is 37.4 Å². The Balaban J connectivity index is 1.48. The number of nitrogens with one attached hydrogen (secondary N) is 1. The molecule has 1 atom stereocenters. The highest BCUT2D eigenvalue weighted by molar-refractivity contribution is 5.69. The SMILES string of the molecule is CNc1cccc(CCOc2ccc(CC(CC(=O)OC)C3CC3)cc2)n1. The molecule has 1 heterocycles. The van der Waals surface area contributed by atoms with Crippen molar-refractivity contribution in [3.8, 4) is 5.75 Å². The molecule has 144 valence electrons. The molecule has 1 aliphatic rings. The molecule has 0 amide bonds. The van der Waals surface area contributed by atoms with Crippen molar-refractivity contribution >= 4 is 11.8 Å². The zero-order valence-corrected chi connectivity index (χ0v) is 16.1. The van der Waals surface area contributed by atoms with Gasteiger partial charge in [-0.2, -0.15) is 0 Å². The number of aromatic nitrogens is 1. The Bertz CT molecular complexity index is 741. The zero-order valence-electron chi connectivity index (χ0n) is 16.1. The number of esters is 1. The van der Waals surface area contributed by atoms with Crippen LogP contribution >= 0.6 is 0 Å². The van der Waals surface area contributed by atoms with E-state index in [9.17, 15) is 4.79 Å². The summed E-state index contributed by atoms with van der Waals surface area (Å²) in [5.41, 5.74) is 2.25. The van der Waals surface area contributed by atoms with Crippen LogP contribution in [0, 0.1) is 11.8 Å². The smallest absolute Gasteiger partial charge is 0.305 e. The number of rotatable bonds is 10. The molecule has 1 unspecified atom stereocenters. The van der Waals surface area contributed by atoms with Crippen molar-refractivity contribution in [3.05, 3.63) is 53.7 Å². The summed E-state index contributed by atoms with van der Waals surface area (Å²) in [6, 6.07) is 14.2. The zero-order chi connectivity index (χ0) is 19.1. The van der Waals surface area contributed by atoms with Gasteiger partial charge in [0.15, 0.2) is 0 Å². The number of nitrogens with zero attached hydrogens (tertiary/aromatic N) is 1. The quantitative estimate of drug-likeness (QED) is 0.645. The van der Waals surface area contributed by atoms with Crippen molar-refractivity contribution in [1.82, 2.24) is 4.98 Å². The van der Waals surface area contributed by atoms with Gasteiger partial charge in [0.1, 0.15) is 11.6 Å². The summed E-state index contributed by atoms with van der Waals surface area (Å²) in [7, 11) is 3.33. The molecule has 1 saturated carbocycles. The van der Waals surface area contributed by atoms with E-state index in [2.05, 4.69) is 22.4 Å². The summed E-state index contributed by atoms with van der Waals surface area (Å²) in [5.74, 6) is 2.67. The third-order valence-electron chi connectivity index (χ3n) is 5.06. The topological polar surface area (TPSA) is 60.5 Å². The maximum Gasteiger partial charge on any atom is 0.305 e. The van der Waals surface area contributed by atoms with Gasteiger partial charge in [-0.3, -0.25) is 4.79 Å². The average Bonchev–Trinajstić information content (AvgIpc) is 3.54. The van der Waals surface area contributed by atoms with E-state index in [4.69, 9.17) is 9.47 Å². The lowest BCUT2D eigenvalue weighted by Gasteiger charge is -2.15. The molecule has 0 spiro atoms. The van der Waals surface area contributed by atoms with Crippen LogP contribution in [-0.4, -0.2) is 31.7 Å². The fourth-order valence-electron chi connectivity index (χ4n) is 3.33. The lowest BCUT2D eigenvalue weighted by atomic mass is 9.92. The van der Waals surface area contributed by atoms with E-state index in [0.29, 0.717) is 24.9 Å². The summed E-state index contributed by atoms with van der Waals surface area (Å²) in [6.07, 6.45) is 4.65. The van der Waals surface area contributed by atoms with Crippen LogP contribution in [0.3, 0.4) is 0 Å². The summed E-state index contributed by atoms with van der Waals surface area (Å²) in [4.78, 5) is 16.1. The molecule has 5 nitrogen and oxygen atoms in total. The molecule has 3 rings (SSSR count). The van der Waals surface area contributed by atoms with Gasteiger partial charge in [0.05, 0.1) is 13.7 Å². The first kappa shape index (κ1) is 19.2. The van der Waals surface area contributed by atoms with Crippen LogP contribution in [0.15, 0.2) is 42.5 Å². The fourth-order valence-corrected chi connectivity index (χ4v) is 3.33. The van der Waals surface area contributed by atoms with E-state index < -0.39 is 0 Å². The second-order valence-electron chi connectivity index (χ2n) is 7.09. The third-order valence-corrected chi connectivity index (χ3v) is 5.06. The van der Waals surface area contributed by atoms with Crippen LogP contribution < -0.4 is 10.1 Å². The van der Waals surface area contributed by atoms with E-state index in [0.717, 1.165) is 30.1 Å². The molecule has 2 aromatic rings. The van der Waals surface area contributed by atoms with Gasteiger partial charge in [0.2, 0.25) is 0 Å². The number of hydrogen-bond acceptors (Lipinski definition) is 5. The van der Waals surface area contributed by atoms with Crippen LogP contribution in [-0.2, 0) is 22.4 Å². The Morgan fingerprint density at radius 2 is 2.00 bits per heavy atom. The Morgan fingerprint density at radius 3 is 2.67 bits per heavy atom. The molecule has 0 radical (unpaired) electrons. The molecule has 1 aliphatic carbocycles. The normalized spacial score (nSPS) is 14.4. The van der Waals surface area contributed by atoms with Gasteiger partial charge in [0, 0.05) is 25.6 Å². The molecule has 1 fully saturated rings. The minimum atomic E-state index is -0.109. The predicted octanol–water partition coefficient (Wildman–Crippen LogP) is 3.88. The van der Waals surface area contributed by atoms with Crippen molar-refractivity contribution in [1.29, 1.82) is 0 Å². The second kappa shape index (κ2) is 9.40. The van der Waals surface area contributed by atoms with E-state index in [1.54, 1.807) is 0 Å². The maximum absolute atomic E-state index is 11.6. The van der Waals surface area contributed by atoms with Crippen molar-refractivity contribution in [2.75, 3.05) is 26.1 Å². The number of pyridine rings is 1. The minimum Gasteiger partial charge on any atom is -0.493 e. The highest BCUT2D eigenvalue weighted by Gasteiger charge is 2.32. The van der Waals surface area contributed by atoms with Gasteiger partial charge >= 0.3 is 5.97 Å². The van der Waals surface area contributed by atoms with E-state index in [-0.39, 0.29) is 5.97 Å². The molecule has 5 heteroatoms. The summed E-state index contributed by atoms with van der Waals surface area (Å²) in [6.45, 7) is 0.590. The number of carbonyl (C=O) groups is 1. The predicted molar refractivity (Wildman–Crippen MR) is 106 cm³/mol. The van der Waals surface area contributed by atoms with Crippen molar-refractivity contribution in [3.63, 3.8) is 0 Å². The Morgan fingerprint density at radius 1 is 1.22 bits per heavy atom. The molecule has 1 aromatic carbocycles. The fraction of sp³-hybridized carbons (Fsp3) is 0.455. The number of ether oxygens (including phenoxy) is 2. The molecular weight excluding hydrogens is 340 g/mol. The van der Waals surface area contributed by atoms with Crippen LogP contribution in [0.4, 0.5) is 5.82 Å². The number of hydrogen-bond donors (Lipinski definition) is 1. The molecule has 0 saturated heterocycles. The number of methoxy groups -OCH3 is 1. The van der Waals surface area contributed by atoms with Gasteiger partial charge < -0.3 is 14.8 Å². The second-order valence-corrected chi connectivity index (χ2v) is 7.09. The van der Waals surface area contributed by atoms with Crippen molar-refractivity contribution in [2.45, 2.75) is 32.1 Å². The van der Waals surface area contributed by atoms with Gasteiger partial charge in [-0.1, -0.05) is 18.2 Å². The molecule has 0 aliphatic heterocycles. The maximum atomic E-state index is 11.6. The van der Waals surface area contributed by atoms with E-state index in [1.165, 1.54) is 25.5 Å². The van der Waals surface area contributed by atoms with Gasteiger partial charge in [0.25, 0.3) is 0 Å². The molecule has 1 N–H and O–H groups in total. The van der Waals surface area contributed by atoms with Crippen molar-refractivity contribution < 1.29 is 14.3 Å². The number of benzene rings is 1. The third kappa shape index (κ3) is 5.98. The highest BCUT2D eigenvalue weighted by atomic mass is 16.5. The van der Waals surface area contributed by atoms with Crippen molar-refractivity contribution in [2.24, 2.45) is 11.8 Å². The molecule has 0 bridgehead atoms. The van der Waals surface area contributed by atoms with E-state index >= 15 is 0 Å². The average molecular weight is 368 g/mol. The summed E-state index contributed by atoms with van der Waals surface area (Å²) in [5, 5.41) is 3.04. The molecule has 27 heavy (non-hydrogen) atoms. The van der Waals surface area contributed by atoms with Gasteiger partial charge in [-0.05, 0) is 60.9 Å². The largest absolute Gasteiger partial charge is 0.493 e. The summed E-state index contributed by atoms with van der Waals surface area (Å²) >= 11 is 0. The monoisotopic (exact) mass is 368 g/mol. The first-order valence-electron chi connectivity index (χ1n) is 9.60. The number of carbonyl (C=O) groups excluding carboxylic acids is 1. The lowest BCUT2D eigenvalue weighted by molar-refractivity contribution is -0.141. The Kier molecular flexibility index (Phi) is 6.69. The Labute approximate surface area is 161 Å². The Hall–Kier alpha value is -2.56. The summed E-state index contributed by atoms with van der Waals surface area (Å²) < 4.78 is 10.7. The lowest BCUT2D eigenvalue weighted by Crippen LogP contribution is -2.14.